The number of amides is 1. The van der Waals surface area contributed by atoms with Crippen molar-refractivity contribution in [1.82, 2.24) is 15.2 Å². The van der Waals surface area contributed by atoms with Crippen LogP contribution >= 0.6 is 0 Å². The van der Waals surface area contributed by atoms with E-state index < -0.39 is 0 Å². The maximum Gasteiger partial charge on any atom is 0.234 e. The van der Waals surface area contributed by atoms with Gasteiger partial charge in [-0.1, -0.05) is 25.1 Å². The second-order valence-corrected chi connectivity index (χ2v) is 6.45. The Labute approximate surface area is 149 Å². The molecule has 5 heteroatoms. The third-order valence-electron chi connectivity index (χ3n) is 4.44. The molecule has 1 atom stereocenters. The van der Waals surface area contributed by atoms with Gasteiger partial charge < -0.3 is 10.1 Å². The molecule has 0 saturated heterocycles. The van der Waals surface area contributed by atoms with E-state index in [1.807, 2.05) is 37.3 Å². The standard InChI is InChI=1S/C20H25N3O2/c1-3-17(18-12-15(2)8-9-21-18)22-20(24)14-23-10-11-25-19-7-5-4-6-16(19)13-23/h4-9,12,17H,3,10-11,13-14H2,1-2H3,(H,22,24)/t17-/m0/s1. The number of hydrogen-bond donors (Lipinski definition) is 1. The van der Waals surface area contributed by atoms with Gasteiger partial charge in [0.05, 0.1) is 18.3 Å². The van der Waals surface area contributed by atoms with E-state index in [1.165, 1.54) is 0 Å². The summed E-state index contributed by atoms with van der Waals surface area (Å²) in [5, 5.41) is 3.12. The smallest absolute Gasteiger partial charge is 0.234 e. The van der Waals surface area contributed by atoms with Crippen LogP contribution in [0, 0.1) is 6.92 Å². The van der Waals surface area contributed by atoms with Crippen molar-refractivity contribution in [2.24, 2.45) is 0 Å². The molecule has 1 amide bonds. The first-order chi connectivity index (χ1) is 12.2. The Morgan fingerprint density at radius 3 is 3.00 bits per heavy atom. The molecule has 1 aliphatic rings. The summed E-state index contributed by atoms with van der Waals surface area (Å²) in [4.78, 5) is 19.1. The summed E-state index contributed by atoms with van der Waals surface area (Å²) in [6.07, 6.45) is 2.61. The average Bonchev–Trinajstić information content (AvgIpc) is 2.81. The number of rotatable bonds is 5. The van der Waals surface area contributed by atoms with E-state index in [-0.39, 0.29) is 11.9 Å². The van der Waals surface area contributed by atoms with Crippen molar-refractivity contribution in [1.29, 1.82) is 0 Å². The molecule has 0 fully saturated rings. The van der Waals surface area contributed by atoms with Gasteiger partial charge in [0.15, 0.2) is 0 Å². The van der Waals surface area contributed by atoms with Crippen LogP contribution in [0.2, 0.25) is 0 Å². The number of carbonyl (C=O) groups excluding carboxylic acids is 1. The van der Waals surface area contributed by atoms with E-state index in [1.54, 1.807) is 6.20 Å². The van der Waals surface area contributed by atoms with Gasteiger partial charge in [0.1, 0.15) is 12.4 Å². The van der Waals surface area contributed by atoms with Gasteiger partial charge in [0, 0.05) is 24.8 Å². The molecule has 0 unspecified atom stereocenters. The molecular weight excluding hydrogens is 314 g/mol. The molecule has 0 aliphatic carbocycles. The summed E-state index contributed by atoms with van der Waals surface area (Å²) in [5.41, 5.74) is 3.19. The number of para-hydroxylation sites is 1. The lowest BCUT2D eigenvalue weighted by molar-refractivity contribution is -0.123. The molecule has 1 aromatic carbocycles. The Hall–Kier alpha value is -2.40. The lowest BCUT2D eigenvalue weighted by atomic mass is 10.1. The first-order valence-electron chi connectivity index (χ1n) is 8.80. The van der Waals surface area contributed by atoms with Crippen LogP contribution in [0.4, 0.5) is 0 Å². The summed E-state index contributed by atoms with van der Waals surface area (Å²) in [7, 11) is 0. The van der Waals surface area contributed by atoms with Crippen molar-refractivity contribution >= 4 is 5.91 Å². The summed E-state index contributed by atoms with van der Waals surface area (Å²) in [6, 6.07) is 12.0. The topological polar surface area (TPSA) is 54.5 Å². The lowest BCUT2D eigenvalue weighted by Gasteiger charge is -2.22. The van der Waals surface area contributed by atoms with E-state index in [2.05, 4.69) is 28.2 Å². The van der Waals surface area contributed by atoms with Crippen LogP contribution in [-0.4, -0.2) is 35.5 Å². The van der Waals surface area contributed by atoms with Crippen LogP contribution in [0.15, 0.2) is 42.6 Å². The Balaban J connectivity index is 1.62. The molecule has 0 spiro atoms. The second-order valence-electron chi connectivity index (χ2n) is 6.45. The van der Waals surface area contributed by atoms with Crippen molar-refractivity contribution in [3.63, 3.8) is 0 Å². The zero-order valence-electron chi connectivity index (χ0n) is 14.9. The Kier molecular flexibility index (Phi) is 5.66. The molecule has 2 heterocycles. The van der Waals surface area contributed by atoms with Crippen LogP contribution < -0.4 is 10.1 Å². The van der Waals surface area contributed by atoms with Crippen molar-refractivity contribution in [3.8, 4) is 5.75 Å². The largest absolute Gasteiger partial charge is 0.492 e. The lowest BCUT2D eigenvalue weighted by Crippen LogP contribution is -2.39. The van der Waals surface area contributed by atoms with Crippen LogP contribution in [-0.2, 0) is 11.3 Å². The predicted molar refractivity (Wildman–Crippen MR) is 97.4 cm³/mol. The van der Waals surface area contributed by atoms with Crippen molar-refractivity contribution in [3.05, 3.63) is 59.4 Å². The van der Waals surface area contributed by atoms with Gasteiger partial charge in [-0.3, -0.25) is 14.7 Å². The van der Waals surface area contributed by atoms with Crippen LogP contribution in [0.25, 0.3) is 0 Å². The minimum atomic E-state index is -0.0529. The normalized spacial score (nSPS) is 15.6. The third kappa shape index (κ3) is 4.57. The fourth-order valence-electron chi connectivity index (χ4n) is 3.09. The van der Waals surface area contributed by atoms with Gasteiger partial charge in [0.2, 0.25) is 5.91 Å². The molecule has 132 valence electrons. The molecule has 5 nitrogen and oxygen atoms in total. The van der Waals surface area contributed by atoms with E-state index in [4.69, 9.17) is 4.74 Å². The predicted octanol–water partition coefficient (Wildman–Crippen LogP) is 2.85. The van der Waals surface area contributed by atoms with Gasteiger partial charge in [-0.2, -0.15) is 0 Å². The highest BCUT2D eigenvalue weighted by atomic mass is 16.5. The summed E-state index contributed by atoms with van der Waals surface area (Å²) in [5.74, 6) is 0.940. The maximum absolute atomic E-state index is 12.5. The molecule has 1 N–H and O–H groups in total. The fraction of sp³-hybridized carbons (Fsp3) is 0.400. The van der Waals surface area contributed by atoms with E-state index in [0.29, 0.717) is 13.2 Å². The number of aromatic nitrogens is 1. The summed E-state index contributed by atoms with van der Waals surface area (Å²) >= 11 is 0. The number of nitrogens with one attached hydrogen (secondary N) is 1. The zero-order chi connectivity index (χ0) is 17.6. The molecule has 0 radical (unpaired) electrons. The number of nitrogens with zero attached hydrogens (tertiary/aromatic N) is 2. The number of carbonyl (C=O) groups is 1. The molecule has 1 aromatic heterocycles. The maximum atomic E-state index is 12.5. The highest BCUT2D eigenvalue weighted by Gasteiger charge is 2.19. The second kappa shape index (κ2) is 8.12. The number of hydrogen-bond acceptors (Lipinski definition) is 4. The highest BCUT2D eigenvalue weighted by Crippen LogP contribution is 2.22. The van der Waals surface area contributed by atoms with Crippen molar-refractivity contribution in [2.45, 2.75) is 32.9 Å². The van der Waals surface area contributed by atoms with E-state index in [9.17, 15) is 4.79 Å². The number of aryl methyl sites for hydroxylation is 1. The third-order valence-corrected chi connectivity index (χ3v) is 4.44. The molecule has 2 aromatic rings. The number of pyridine rings is 1. The minimum Gasteiger partial charge on any atom is -0.492 e. The molecule has 3 rings (SSSR count). The molecule has 0 saturated carbocycles. The summed E-state index contributed by atoms with van der Waals surface area (Å²) in [6.45, 7) is 6.52. The molecule has 25 heavy (non-hydrogen) atoms. The number of fused-ring (bicyclic) bond motifs is 1. The van der Waals surface area contributed by atoms with Crippen molar-refractivity contribution in [2.75, 3.05) is 19.7 Å². The zero-order valence-corrected chi connectivity index (χ0v) is 14.9. The quantitative estimate of drug-likeness (QED) is 0.910. The van der Waals surface area contributed by atoms with Gasteiger partial charge in [-0.15, -0.1) is 0 Å². The van der Waals surface area contributed by atoms with E-state index >= 15 is 0 Å². The Morgan fingerprint density at radius 1 is 1.36 bits per heavy atom. The van der Waals surface area contributed by atoms with Gasteiger partial charge >= 0.3 is 0 Å². The Morgan fingerprint density at radius 2 is 2.20 bits per heavy atom. The van der Waals surface area contributed by atoms with Crippen LogP contribution in [0.1, 0.15) is 36.2 Å². The molecule has 0 bridgehead atoms. The highest BCUT2D eigenvalue weighted by molar-refractivity contribution is 5.78. The first-order valence-corrected chi connectivity index (χ1v) is 8.80. The number of ether oxygens (including phenoxy) is 1. The van der Waals surface area contributed by atoms with Gasteiger partial charge in [-0.05, 0) is 37.1 Å². The molecular formula is C20H25N3O2. The number of benzene rings is 1. The van der Waals surface area contributed by atoms with Crippen LogP contribution in [0.5, 0.6) is 5.75 Å². The van der Waals surface area contributed by atoms with Gasteiger partial charge in [-0.25, -0.2) is 0 Å². The first kappa shape index (κ1) is 17.4. The average molecular weight is 339 g/mol. The minimum absolute atomic E-state index is 0.0227. The van der Waals surface area contributed by atoms with E-state index in [0.717, 1.165) is 42.1 Å². The SMILES string of the molecule is CC[C@H](NC(=O)CN1CCOc2ccccc2C1)c1cc(C)ccn1. The van der Waals surface area contributed by atoms with Crippen LogP contribution in [0.3, 0.4) is 0 Å². The Bertz CT molecular complexity index is 732. The molecule has 1 aliphatic heterocycles. The monoisotopic (exact) mass is 339 g/mol. The van der Waals surface area contributed by atoms with Gasteiger partial charge in [0.25, 0.3) is 0 Å². The van der Waals surface area contributed by atoms with Crippen molar-refractivity contribution < 1.29 is 9.53 Å². The fourth-order valence-corrected chi connectivity index (χ4v) is 3.09. The summed E-state index contributed by atoms with van der Waals surface area (Å²) < 4.78 is 5.76.